The Labute approximate surface area is 74.5 Å². The zero-order chi connectivity index (χ0) is 8.93. The molecule has 1 N–H and O–H groups in total. The van der Waals surface area contributed by atoms with E-state index in [0.717, 1.165) is 5.92 Å². The van der Waals surface area contributed by atoms with E-state index in [1.165, 1.54) is 18.4 Å². The molecule has 1 heteroatoms. The Morgan fingerprint density at radius 3 is 2.58 bits per heavy atom. The predicted molar refractivity (Wildman–Crippen MR) is 49.8 cm³/mol. The molecule has 0 aromatic heterocycles. The van der Waals surface area contributed by atoms with Gasteiger partial charge in [0.05, 0.1) is 6.10 Å². The first-order valence-electron chi connectivity index (χ1n) is 4.91. The molecule has 2 unspecified atom stereocenters. The largest absolute Gasteiger partial charge is 0.389 e. The van der Waals surface area contributed by atoms with Gasteiger partial charge in [0.15, 0.2) is 0 Å². The van der Waals surface area contributed by atoms with Gasteiger partial charge in [0.1, 0.15) is 0 Å². The van der Waals surface area contributed by atoms with E-state index in [1.807, 2.05) is 6.92 Å². The molecule has 3 rings (SSSR count). The summed E-state index contributed by atoms with van der Waals surface area (Å²) < 4.78 is 0. The fourth-order valence-corrected chi connectivity index (χ4v) is 2.86. The zero-order valence-corrected chi connectivity index (χ0v) is 8.17. The summed E-state index contributed by atoms with van der Waals surface area (Å²) in [5.41, 5.74) is 1.75. The van der Waals surface area contributed by atoms with E-state index < -0.39 is 0 Å². The van der Waals surface area contributed by atoms with Crippen LogP contribution in [0.4, 0.5) is 0 Å². The third-order valence-corrected chi connectivity index (χ3v) is 3.99. The summed E-state index contributed by atoms with van der Waals surface area (Å²) in [6.45, 7) is 6.56. The molecule has 0 aromatic carbocycles. The van der Waals surface area contributed by atoms with Crippen molar-refractivity contribution >= 4 is 0 Å². The standard InChI is InChI=1S/C11H18O/c1-7(12)9-5-4-8-6-10(9)11(8,2)3/h5,7-8,10,12H,4,6H2,1-3H3/t7-,8?,10?/m0/s1. The van der Waals surface area contributed by atoms with Crippen LogP contribution in [-0.4, -0.2) is 11.2 Å². The summed E-state index contributed by atoms with van der Waals surface area (Å²) in [6, 6.07) is 0. The quantitative estimate of drug-likeness (QED) is 0.593. The van der Waals surface area contributed by atoms with Crippen LogP contribution in [0.25, 0.3) is 0 Å². The molecular weight excluding hydrogens is 148 g/mol. The number of aliphatic hydroxyl groups is 1. The minimum atomic E-state index is -0.226. The van der Waals surface area contributed by atoms with Crippen LogP contribution in [0.5, 0.6) is 0 Å². The second-order valence-electron chi connectivity index (χ2n) is 4.92. The summed E-state index contributed by atoms with van der Waals surface area (Å²) in [6.07, 6.45) is 4.53. The van der Waals surface area contributed by atoms with Gasteiger partial charge in [-0.15, -0.1) is 0 Å². The molecule has 0 aromatic rings. The first-order chi connectivity index (χ1) is 5.53. The first kappa shape index (κ1) is 8.31. The molecular formula is C11H18O. The van der Waals surface area contributed by atoms with E-state index in [4.69, 9.17) is 0 Å². The predicted octanol–water partition coefficient (Wildman–Crippen LogP) is 2.36. The highest BCUT2D eigenvalue weighted by molar-refractivity contribution is 5.25. The minimum absolute atomic E-state index is 0.226. The van der Waals surface area contributed by atoms with Crippen LogP contribution in [0.2, 0.25) is 0 Å². The lowest BCUT2D eigenvalue weighted by Crippen LogP contribution is -2.49. The van der Waals surface area contributed by atoms with Crippen LogP contribution >= 0.6 is 0 Å². The molecule has 68 valence electrons. The summed E-state index contributed by atoms with van der Waals surface area (Å²) in [5.74, 6) is 1.54. The van der Waals surface area contributed by atoms with Crippen molar-refractivity contribution in [1.29, 1.82) is 0 Å². The Kier molecular flexibility index (Phi) is 1.63. The van der Waals surface area contributed by atoms with Crippen LogP contribution < -0.4 is 0 Å². The van der Waals surface area contributed by atoms with Crippen molar-refractivity contribution in [2.24, 2.45) is 17.3 Å². The summed E-state index contributed by atoms with van der Waals surface area (Å²) >= 11 is 0. The molecule has 1 nitrogen and oxygen atoms in total. The van der Waals surface area contributed by atoms with Gasteiger partial charge < -0.3 is 5.11 Å². The van der Waals surface area contributed by atoms with E-state index in [1.54, 1.807) is 0 Å². The van der Waals surface area contributed by atoms with E-state index in [2.05, 4.69) is 19.9 Å². The Balaban J connectivity index is 2.24. The highest BCUT2D eigenvalue weighted by Gasteiger charge is 2.51. The number of aliphatic hydroxyl groups excluding tert-OH is 1. The van der Waals surface area contributed by atoms with Crippen molar-refractivity contribution in [1.82, 2.24) is 0 Å². The summed E-state index contributed by atoms with van der Waals surface area (Å²) in [7, 11) is 0. The van der Waals surface area contributed by atoms with Gasteiger partial charge in [0.2, 0.25) is 0 Å². The van der Waals surface area contributed by atoms with E-state index in [0.29, 0.717) is 11.3 Å². The lowest BCUT2D eigenvalue weighted by molar-refractivity contribution is -0.0198. The van der Waals surface area contributed by atoms with Crippen molar-refractivity contribution in [3.8, 4) is 0 Å². The summed E-state index contributed by atoms with van der Waals surface area (Å²) in [4.78, 5) is 0. The average molecular weight is 166 g/mol. The summed E-state index contributed by atoms with van der Waals surface area (Å²) in [5, 5.41) is 9.54. The number of hydrogen-bond donors (Lipinski definition) is 1. The average Bonchev–Trinajstić information content (AvgIpc) is 2.04. The van der Waals surface area contributed by atoms with Gasteiger partial charge in [0, 0.05) is 0 Å². The third-order valence-electron chi connectivity index (χ3n) is 3.99. The molecule has 1 saturated carbocycles. The van der Waals surface area contributed by atoms with E-state index in [9.17, 15) is 5.11 Å². The first-order valence-corrected chi connectivity index (χ1v) is 4.91. The molecule has 0 amide bonds. The second-order valence-corrected chi connectivity index (χ2v) is 4.92. The monoisotopic (exact) mass is 166 g/mol. The number of hydrogen-bond acceptors (Lipinski definition) is 1. The highest BCUT2D eigenvalue weighted by Crippen LogP contribution is 2.59. The maximum absolute atomic E-state index is 9.54. The number of allylic oxidation sites excluding steroid dienone is 1. The van der Waals surface area contributed by atoms with Crippen molar-refractivity contribution in [2.75, 3.05) is 0 Å². The maximum Gasteiger partial charge on any atom is 0.0724 e. The highest BCUT2D eigenvalue weighted by atomic mass is 16.3. The fraction of sp³-hybridized carbons (Fsp3) is 0.818. The van der Waals surface area contributed by atoms with Crippen LogP contribution in [0, 0.1) is 17.3 Å². The lowest BCUT2D eigenvalue weighted by atomic mass is 9.48. The smallest absolute Gasteiger partial charge is 0.0724 e. The molecule has 0 saturated heterocycles. The zero-order valence-electron chi connectivity index (χ0n) is 8.17. The molecule has 12 heavy (non-hydrogen) atoms. The maximum atomic E-state index is 9.54. The molecule has 0 heterocycles. The normalized spacial score (nSPS) is 39.8. The van der Waals surface area contributed by atoms with E-state index in [-0.39, 0.29) is 6.10 Å². The lowest BCUT2D eigenvalue weighted by Gasteiger charge is -2.57. The molecule has 2 bridgehead atoms. The van der Waals surface area contributed by atoms with Crippen LogP contribution in [0.3, 0.4) is 0 Å². The SMILES string of the molecule is C[C@H](O)C1=CCC2CC1C2(C)C. The van der Waals surface area contributed by atoms with Crippen LogP contribution in [0.15, 0.2) is 11.6 Å². The van der Waals surface area contributed by atoms with Gasteiger partial charge in [0.25, 0.3) is 0 Å². The molecule has 0 spiro atoms. The van der Waals surface area contributed by atoms with Gasteiger partial charge in [-0.1, -0.05) is 19.9 Å². The van der Waals surface area contributed by atoms with Crippen LogP contribution in [0.1, 0.15) is 33.6 Å². The number of fused-ring (bicyclic) bond motifs is 1. The minimum Gasteiger partial charge on any atom is -0.389 e. The fourth-order valence-electron chi connectivity index (χ4n) is 2.86. The Bertz CT molecular complexity index is 225. The van der Waals surface area contributed by atoms with Crippen LogP contribution in [-0.2, 0) is 0 Å². The Morgan fingerprint density at radius 2 is 2.25 bits per heavy atom. The van der Waals surface area contributed by atoms with Gasteiger partial charge in [-0.3, -0.25) is 0 Å². The van der Waals surface area contributed by atoms with Crippen molar-refractivity contribution in [2.45, 2.75) is 39.7 Å². The van der Waals surface area contributed by atoms with Crippen molar-refractivity contribution in [3.63, 3.8) is 0 Å². The second kappa shape index (κ2) is 2.35. The molecule has 3 aliphatic rings. The van der Waals surface area contributed by atoms with Gasteiger partial charge in [-0.2, -0.15) is 0 Å². The molecule has 3 atom stereocenters. The molecule has 3 aliphatic carbocycles. The third kappa shape index (κ3) is 0.891. The molecule has 1 fully saturated rings. The molecule has 0 aliphatic heterocycles. The van der Waals surface area contributed by atoms with Gasteiger partial charge >= 0.3 is 0 Å². The van der Waals surface area contributed by atoms with Crippen molar-refractivity contribution in [3.05, 3.63) is 11.6 Å². The van der Waals surface area contributed by atoms with Crippen molar-refractivity contribution < 1.29 is 5.11 Å². The van der Waals surface area contributed by atoms with Gasteiger partial charge in [-0.25, -0.2) is 0 Å². The van der Waals surface area contributed by atoms with E-state index >= 15 is 0 Å². The topological polar surface area (TPSA) is 20.2 Å². The molecule has 0 radical (unpaired) electrons. The van der Waals surface area contributed by atoms with Gasteiger partial charge in [-0.05, 0) is 42.6 Å². The number of rotatable bonds is 1. The Hall–Kier alpha value is -0.300. The Morgan fingerprint density at radius 1 is 1.58 bits per heavy atom.